The third-order valence-electron chi connectivity index (χ3n) is 8.36. The fourth-order valence-electron chi connectivity index (χ4n) is 6.94. The van der Waals surface area contributed by atoms with Crippen molar-refractivity contribution in [1.82, 2.24) is 5.06 Å². The molecule has 0 amide bonds. The number of rotatable bonds is 7. The van der Waals surface area contributed by atoms with E-state index < -0.39 is 84.3 Å². The molecule has 12 heteroatoms. The van der Waals surface area contributed by atoms with Crippen molar-refractivity contribution in [2.24, 2.45) is 5.92 Å². The molecule has 0 aromatic heterocycles. The molecule has 0 unspecified atom stereocenters. The van der Waals surface area contributed by atoms with E-state index in [1.54, 1.807) is 0 Å². The van der Waals surface area contributed by atoms with Gasteiger partial charge >= 0.3 is 5.97 Å². The molecule has 1 aromatic carbocycles. The molecule has 5 aliphatic rings. The van der Waals surface area contributed by atoms with Gasteiger partial charge in [0.25, 0.3) is 0 Å². The van der Waals surface area contributed by atoms with Crippen LogP contribution in [0.5, 0.6) is 0 Å². The minimum atomic E-state index is -0.937. The van der Waals surface area contributed by atoms with E-state index in [1.165, 1.54) is 6.92 Å². The van der Waals surface area contributed by atoms with Crippen molar-refractivity contribution >= 4 is 5.97 Å². The molecule has 0 saturated carbocycles. The quantitative estimate of drug-likeness (QED) is 0.467. The van der Waals surface area contributed by atoms with Gasteiger partial charge in [-0.25, -0.2) is 0 Å². The summed E-state index contributed by atoms with van der Waals surface area (Å²) >= 11 is 0. The van der Waals surface area contributed by atoms with Crippen molar-refractivity contribution in [1.29, 1.82) is 0 Å². The Balaban J connectivity index is 1.39. The summed E-state index contributed by atoms with van der Waals surface area (Å²) in [6, 6.07) is 9.41. The lowest BCUT2D eigenvalue weighted by Crippen LogP contribution is -2.60. The number of nitrogens with zero attached hydrogens (tertiary/aromatic N) is 1. The Bertz CT molecular complexity index is 1130. The van der Waals surface area contributed by atoms with Gasteiger partial charge in [0.05, 0.1) is 19.3 Å². The van der Waals surface area contributed by atoms with Crippen molar-refractivity contribution in [3.05, 3.63) is 35.9 Å². The second-order valence-electron chi connectivity index (χ2n) is 13.0. The Morgan fingerprint density at radius 1 is 0.810 bits per heavy atom. The van der Waals surface area contributed by atoms with Crippen LogP contribution in [0.25, 0.3) is 0 Å². The lowest BCUT2D eigenvalue weighted by molar-refractivity contribution is -0.281. The van der Waals surface area contributed by atoms with Crippen LogP contribution in [-0.2, 0) is 54.1 Å². The average Bonchev–Trinajstić information content (AvgIpc) is 3.60. The summed E-state index contributed by atoms with van der Waals surface area (Å²) < 4.78 is 49.9. The molecule has 10 atom stereocenters. The van der Waals surface area contributed by atoms with Gasteiger partial charge in [0.15, 0.2) is 23.7 Å². The van der Waals surface area contributed by atoms with Crippen molar-refractivity contribution in [3.8, 4) is 0 Å². The van der Waals surface area contributed by atoms with Gasteiger partial charge in [-0.2, -0.15) is 5.06 Å². The summed E-state index contributed by atoms with van der Waals surface area (Å²) in [6.45, 7) is 12.5. The summed E-state index contributed by atoms with van der Waals surface area (Å²) in [5.74, 6) is -3.60. The predicted octanol–water partition coefficient (Wildman–Crippen LogP) is 2.26. The van der Waals surface area contributed by atoms with Crippen LogP contribution < -0.4 is 0 Å². The van der Waals surface area contributed by atoms with Crippen molar-refractivity contribution in [3.63, 3.8) is 0 Å². The van der Waals surface area contributed by atoms with E-state index in [1.807, 2.05) is 76.9 Å². The number of carbonyl (C=O) groups is 1. The van der Waals surface area contributed by atoms with E-state index >= 15 is 0 Å². The molecule has 234 valence electrons. The normalized spacial score (nSPS) is 41.9. The van der Waals surface area contributed by atoms with E-state index in [9.17, 15) is 9.90 Å². The fourth-order valence-corrected chi connectivity index (χ4v) is 6.94. The standard InChI is InChI=1S/C30H43NO11/c1-16(33)34-15-18-20(22-19(14-32)36-28(2,3)37-22)31(13-17-11-9-8-10-12-17)42-21(18)23-24-25(39-29(4,5)38-24)26-27(35-23)41-30(6,7)40-26/h8-12,18-27,32H,13-15H2,1-7H3/t18-,19+,20-,21+,22+,23-,24+,25+,26-,27-/m1/s1. The topological polar surface area (TPSA) is 124 Å². The molecular formula is C30H43NO11. The number of esters is 1. The van der Waals surface area contributed by atoms with Gasteiger partial charge < -0.3 is 43.0 Å². The van der Waals surface area contributed by atoms with Gasteiger partial charge in [0.1, 0.15) is 42.7 Å². The van der Waals surface area contributed by atoms with Crippen molar-refractivity contribution < 1.29 is 52.6 Å². The molecule has 12 nitrogen and oxygen atoms in total. The summed E-state index contributed by atoms with van der Waals surface area (Å²) in [6.07, 6.45) is -4.85. The first kappa shape index (κ1) is 30.3. The Morgan fingerprint density at radius 2 is 1.40 bits per heavy atom. The lowest BCUT2D eigenvalue weighted by Gasteiger charge is -2.40. The second kappa shape index (κ2) is 11.0. The number of fused-ring (bicyclic) bond motifs is 3. The molecule has 42 heavy (non-hydrogen) atoms. The van der Waals surface area contributed by atoms with Crippen molar-refractivity contribution in [2.75, 3.05) is 13.2 Å². The first-order valence-electron chi connectivity index (χ1n) is 14.7. The summed E-state index contributed by atoms with van der Waals surface area (Å²) in [7, 11) is 0. The molecule has 0 aliphatic carbocycles. The van der Waals surface area contributed by atoms with Crippen LogP contribution in [0, 0.1) is 5.92 Å². The van der Waals surface area contributed by atoms with E-state index in [4.69, 9.17) is 42.7 Å². The largest absolute Gasteiger partial charge is 0.465 e. The number of ether oxygens (including phenoxy) is 8. The zero-order valence-corrected chi connectivity index (χ0v) is 25.3. The Morgan fingerprint density at radius 3 is 2.07 bits per heavy atom. The van der Waals surface area contributed by atoms with Gasteiger partial charge in [0, 0.05) is 19.4 Å². The summed E-state index contributed by atoms with van der Waals surface area (Å²) in [4.78, 5) is 18.9. The number of carbonyl (C=O) groups excluding carboxylic acids is 1. The Labute approximate surface area is 246 Å². The van der Waals surface area contributed by atoms with Gasteiger partial charge in [-0.15, -0.1) is 0 Å². The number of benzene rings is 1. The van der Waals surface area contributed by atoms with Crippen LogP contribution >= 0.6 is 0 Å². The molecule has 5 fully saturated rings. The SMILES string of the molecule is CC(=O)OC[C@H]1[C@@H]([C@H]2O[C@@H]3OC(C)(C)O[C@@H]3[C@H]3OC(C)(C)O[C@H]32)ON(Cc2ccccc2)[C@H]1[C@H]1OC(C)(C)O[C@H]1CO. The molecular weight excluding hydrogens is 550 g/mol. The van der Waals surface area contributed by atoms with E-state index in [2.05, 4.69) is 0 Å². The number of aliphatic hydroxyl groups excluding tert-OH is 1. The maximum absolute atomic E-state index is 12.1. The van der Waals surface area contributed by atoms with E-state index in [0.717, 1.165) is 5.56 Å². The van der Waals surface area contributed by atoms with Crippen LogP contribution in [0.3, 0.4) is 0 Å². The zero-order valence-electron chi connectivity index (χ0n) is 25.3. The third-order valence-corrected chi connectivity index (χ3v) is 8.36. The number of hydrogen-bond donors (Lipinski definition) is 1. The van der Waals surface area contributed by atoms with Gasteiger partial charge in [-0.1, -0.05) is 30.3 Å². The minimum absolute atomic E-state index is 0.0207. The highest BCUT2D eigenvalue weighted by Gasteiger charge is 2.65. The van der Waals surface area contributed by atoms with E-state index in [0.29, 0.717) is 6.54 Å². The molecule has 0 bridgehead atoms. The molecule has 5 saturated heterocycles. The highest BCUT2D eigenvalue weighted by molar-refractivity contribution is 5.65. The molecule has 0 radical (unpaired) electrons. The molecule has 5 aliphatic heterocycles. The second-order valence-corrected chi connectivity index (χ2v) is 13.0. The summed E-state index contributed by atoms with van der Waals surface area (Å²) in [5.41, 5.74) is 1.01. The monoisotopic (exact) mass is 593 g/mol. The number of aliphatic hydroxyl groups is 1. The molecule has 5 heterocycles. The average molecular weight is 594 g/mol. The van der Waals surface area contributed by atoms with Crippen molar-refractivity contribution in [2.45, 2.75) is 127 Å². The maximum Gasteiger partial charge on any atom is 0.302 e. The maximum atomic E-state index is 12.1. The van der Waals surface area contributed by atoms with Gasteiger partial charge in [-0.05, 0) is 47.1 Å². The molecule has 0 spiro atoms. The molecule has 1 aromatic rings. The highest BCUT2D eigenvalue weighted by atomic mass is 16.9. The first-order valence-corrected chi connectivity index (χ1v) is 14.7. The Kier molecular flexibility index (Phi) is 7.96. The molecule has 6 rings (SSSR count). The summed E-state index contributed by atoms with van der Waals surface area (Å²) in [5, 5.41) is 12.2. The predicted molar refractivity (Wildman–Crippen MR) is 144 cm³/mol. The minimum Gasteiger partial charge on any atom is -0.465 e. The third kappa shape index (κ3) is 5.86. The van der Waals surface area contributed by atoms with Crippen LogP contribution in [0.1, 0.15) is 54.0 Å². The van der Waals surface area contributed by atoms with Gasteiger partial charge in [0.2, 0.25) is 0 Å². The smallest absolute Gasteiger partial charge is 0.302 e. The van der Waals surface area contributed by atoms with E-state index in [-0.39, 0.29) is 13.2 Å². The first-order chi connectivity index (χ1) is 19.8. The number of hydrogen-bond acceptors (Lipinski definition) is 12. The zero-order chi connectivity index (χ0) is 30.0. The van der Waals surface area contributed by atoms with Crippen LogP contribution in [0.15, 0.2) is 30.3 Å². The highest BCUT2D eigenvalue weighted by Crippen LogP contribution is 2.49. The fraction of sp³-hybridized carbons (Fsp3) is 0.767. The Hall–Kier alpha value is -1.71. The van der Waals surface area contributed by atoms with Gasteiger partial charge in [-0.3, -0.25) is 9.63 Å². The van der Waals surface area contributed by atoms with Crippen LogP contribution in [-0.4, -0.2) is 102 Å². The molecule has 1 N–H and O–H groups in total. The van der Waals surface area contributed by atoms with Crippen LogP contribution in [0.4, 0.5) is 0 Å². The lowest BCUT2D eigenvalue weighted by atomic mass is 9.83. The van der Waals surface area contributed by atoms with Crippen LogP contribution in [0.2, 0.25) is 0 Å². The number of hydroxylamine groups is 2.